The van der Waals surface area contributed by atoms with E-state index in [0.717, 1.165) is 3.97 Å². The summed E-state index contributed by atoms with van der Waals surface area (Å²) in [4.78, 5) is 11.5. The Hall–Kier alpha value is -3.35. The zero-order valence-electron chi connectivity index (χ0n) is 17.5. The zero-order valence-corrected chi connectivity index (χ0v) is 19.9. The minimum Gasteiger partial charge on any atom is -0.478 e. The molecule has 1 heterocycles. The van der Waals surface area contributed by atoms with Crippen LogP contribution in [0.5, 0.6) is 0 Å². The molecule has 0 amide bonds. The fourth-order valence-electron chi connectivity index (χ4n) is 3.83. The number of nitrogens with zero attached hydrogens (tertiary/aromatic N) is 2. The number of aliphatic hydroxyl groups excluding tert-OH is 1. The molecule has 0 saturated carbocycles. The SMILES string of the molecule is Cc1c(C#N)ccc2c1cc(C(O)c1c(Cl)ccc(C(=O)O)c1Cl)n2S(=O)(=O)c1ccccc1. The van der Waals surface area contributed by atoms with Gasteiger partial charge in [-0.15, -0.1) is 0 Å². The lowest BCUT2D eigenvalue weighted by Gasteiger charge is -2.19. The maximum atomic E-state index is 13.7. The van der Waals surface area contributed by atoms with E-state index in [0.29, 0.717) is 16.5 Å². The lowest BCUT2D eigenvalue weighted by Crippen LogP contribution is -2.19. The first-order valence-electron chi connectivity index (χ1n) is 9.84. The second kappa shape index (κ2) is 8.78. The highest BCUT2D eigenvalue weighted by atomic mass is 35.5. The van der Waals surface area contributed by atoms with Crippen LogP contribution in [0.1, 0.15) is 38.8 Å². The molecule has 10 heteroatoms. The summed E-state index contributed by atoms with van der Waals surface area (Å²) in [5.74, 6) is -1.33. The molecule has 0 saturated heterocycles. The quantitative estimate of drug-likeness (QED) is 0.380. The van der Waals surface area contributed by atoms with Crippen LogP contribution >= 0.6 is 23.2 Å². The highest BCUT2D eigenvalue weighted by Gasteiger charge is 2.31. The number of fused-ring (bicyclic) bond motifs is 1. The van der Waals surface area contributed by atoms with Gasteiger partial charge in [0.05, 0.1) is 38.3 Å². The number of carbonyl (C=O) groups is 1. The van der Waals surface area contributed by atoms with Gasteiger partial charge >= 0.3 is 5.97 Å². The van der Waals surface area contributed by atoms with E-state index >= 15 is 0 Å². The third-order valence-electron chi connectivity index (χ3n) is 5.55. The number of aromatic carboxylic acids is 1. The zero-order chi connectivity index (χ0) is 24.8. The smallest absolute Gasteiger partial charge is 0.337 e. The Morgan fingerprint density at radius 3 is 2.38 bits per heavy atom. The summed E-state index contributed by atoms with van der Waals surface area (Å²) in [5.41, 5.74) is 0.545. The van der Waals surface area contributed by atoms with Crippen molar-refractivity contribution in [2.24, 2.45) is 0 Å². The summed E-state index contributed by atoms with van der Waals surface area (Å²) in [6.45, 7) is 1.67. The first kappa shape index (κ1) is 23.8. The van der Waals surface area contributed by atoms with Crippen LogP contribution in [0.3, 0.4) is 0 Å². The average Bonchev–Trinajstić information content (AvgIpc) is 3.21. The van der Waals surface area contributed by atoms with Gasteiger partial charge in [-0.05, 0) is 55.0 Å². The molecule has 1 aromatic heterocycles. The standard InChI is InChI=1S/C24H16Cl2N2O5S/c1-13-14(12-27)7-10-19-17(13)11-20(28(19)34(32,33)15-5-3-2-4-6-15)23(29)21-18(25)9-8-16(22(21)26)24(30)31/h2-11,23,29H,1H3,(H,30,31). The van der Waals surface area contributed by atoms with Crippen LogP contribution in [0.15, 0.2) is 65.6 Å². The number of carboxylic acid groups (broad SMARTS) is 1. The van der Waals surface area contributed by atoms with Crippen molar-refractivity contribution in [3.8, 4) is 6.07 Å². The van der Waals surface area contributed by atoms with Crippen molar-refractivity contribution < 1.29 is 23.4 Å². The molecule has 7 nitrogen and oxygen atoms in total. The molecule has 4 aromatic rings. The Labute approximate surface area is 205 Å². The Morgan fingerprint density at radius 2 is 1.76 bits per heavy atom. The molecule has 34 heavy (non-hydrogen) atoms. The number of hydrogen-bond donors (Lipinski definition) is 2. The van der Waals surface area contributed by atoms with Crippen LogP contribution in [-0.4, -0.2) is 28.6 Å². The van der Waals surface area contributed by atoms with Crippen LogP contribution in [0.4, 0.5) is 0 Å². The Kier molecular flexibility index (Phi) is 6.14. The molecule has 172 valence electrons. The molecule has 0 aliphatic rings. The summed E-state index contributed by atoms with van der Waals surface area (Å²) in [6.07, 6.45) is -1.70. The molecule has 1 unspecified atom stereocenters. The third-order valence-corrected chi connectivity index (χ3v) is 8.04. The molecule has 0 bridgehead atoms. The molecule has 0 aliphatic carbocycles. The monoisotopic (exact) mass is 514 g/mol. The highest BCUT2D eigenvalue weighted by molar-refractivity contribution is 7.90. The molecule has 1 atom stereocenters. The van der Waals surface area contributed by atoms with Crippen molar-refractivity contribution in [3.63, 3.8) is 0 Å². The minimum atomic E-state index is -4.22. The number of aryl methyl sites for hydroxylation is 1. The Balaban J connectivity index is 2.09. The summed E-state index contributed by atoms with van der Waals surface area (Å²) in [7, 11) is -4.22. The van der Waals surface area contributed by atoms with Gasteiger partial charge < -0.3 is 10.2 Å². The summed E-state index contributed by atoms with van der Waals surface area (Å²) < 4.78 is 28.4. The number of aliphatic hydroxyl groups is 1. The second-order valence-electron chi connectivity index (χ2n) is 7.46. The van der Waals surface area contributed by atoms with Gasteiger partial charge in [0, 0.05) is 16.0 Å². The number of carboxylic acids is 1. The average molecular weight is 515 g/mol. The van der Waals surface area contributed by atoms with E-state index in [-0.39, 0.29) is 37.3 Å². The van der Waals surface area contributed by atoms with Crippen molar-refractivity contribution >= 4 is 50.1 Å². The normalized spacial score (nSPS) is 12.4. The van der Waals surface area contributed by atoms with Crippen LogP contribution in [0, 0.1) is 18.3 Å². The number of aromatic nitrogens is 1. The molecule has 4 rings (SSSR count). The van der Waals surface area contributed by atoms with Crippen molar-refractivity contribution in [1.82, 2.24) is 3.97 Å². The first-order chi connectivity index (χ1) is 16.1. The second-order valence-corrected chi connectivity index (χ2v) is 10.0. The van der Waals surface area contributed by atoms with Crippen LogP contribution < -0.4 is 0 Å². The van der Waals surface area contributed by atoms with Crippen molar-refractivity contribution in [2.45, 2.75) is 17.9 Å². The molecular weight excluding hydrogens is 499 g/mol. The van der Waals surface area contributed by atoms with Gasteiger partial charge in [-0.25, -0.2) is 17.2 Å². The van der Waals surface area contributed by atoms with Gasteiger partial charge in [0.2, 0.25) is 0 Å². The number of nitriles is 1. The van der Waals surface area contributed by atoms with Gasteiger partial charge in [0.25, 0.3) is 10.0 Å². The van der Waals surface area contributed by atoms with Crippen LogP contribution in [0.25, 0.3) is 10.9 Å². The van der Waals surface area contributed by atoms with Gasteiger partial charge in [0.15, 0.2) is 0 Å². The molecule has 3 aromatic carbocycles. The van der Waals surface area contributed by atoms with E-state index in [9.17, 15) is 28.7 Å². The fourth-order valence-corrected chi connectivity index (χ4v) is 6.05. The molecule has 0 radical (unpaired) electrons. The largest absolute Gasteiger partial charge is 0.478 e. The van der Waals surface area contributed by atoms with Crippen molar-refractivity contribution in [1.29, 1.82) is 5.26 Å². The van der Waals surface area contributed by atoms with E-state index < -0.39 is 22.1 Å². The summed E-state index contributed by atoms with van der Waals surface area (Å²) in [6, 6.07) is 16.6. The summed E-state index contributed by atoms with van der Waals surface area (Å²) in [5, 5.41) is 30.3. The Morgan fingerprint density at radius 1 is 1.09 bits per heavy atom. The molecule has 0 fully saturated rings. The summed E-state index contributed by atoms with van der Waals surface area (Å²) >= 11 is 12.6. The maximum absolute atomic E-state index is 13.7. The number of hydrogen-bond acceptors (Lipinski definition) is 5. The van der Waals surface area contributed by atoms with E-state index in [1.54, 1.807) is 25.1 Å². The Bertz CT molecular complexity index is 1610. The lowest BCUT2D eigenvalue weighted by molar-refractivity contribution is 0.0696. The number of benzene rings is 3. The van der Waals surface area contributed by atoms with Crippen LogP contribution in [-0.2, 0) is 10.0 Å². The maximum Gasteiger partial charge on any atom is 0.337 e. The van der Waals surface area contributed by atoms with Gasteiger partial charge in [0.1, 0.15) is 6.10 Å². The molecule has 0 aliphatic heterocycles. The van der Waals surface area contributed by atoms with Gasteiger partial charge in [-0.2, -0.15) is 5.26 Å². The topological polar surface area (TPSA) is 120 Å². The van der Waals surface area contributed by atoms with Gasteiger partial charge in [-0.3, -0.25) is 0 Å². The van der Waals surface area contributed by atoms with E-state index in [1.165, 1.54) is 42.5 Å². The predicted molar refractivity (Wildman–Crippen MR) is 128 cm³/mol. The minimum absolute atomic E-state index is 0.0283. The van der Waals surface area contributed by atoms with E-state index in [4.69, 9.17) is 23.2 Å². The fraction of sp³-hybridized carbons (Fsp3) is 0.0833. The van der Waals surface area contributed by atoms with Crippen molar-refractivity contribution in [2.75, 3.05) is 0 Å². The molecule has 0 spiro atoms. The first-order valence-corrected chi connectivity index (χ1v) is 12.0. The van der Waals surface area contributed by atoms with E-state index in [1.807, 2.05) is 0 Å². The third kappa shape index (κ3) is 3.73. The molecule has 2 N–H and O–H groups in total. The predicted octanol–water partition coefficient (Wildman–Crippen LogP) is 5.15. The van der Waals surface area contributed by atoms with Crippen LogP contribution in [0.2, 0.25) is 10.0 Å². The number of rotatable bonds is 5. The van der Waals surface area contributed by atoms with Gasteiger partial charge in [-0.1, -0.05) is 41.4 Å². The number of halogens is 2. The van der Waals surface area contributed by atoms with E-state index in [2.05, 4.69) is 6.07 Å². The molecular formula is C24H16Cl2N2O5S. The lowest BCUT2D eigenvalue weighted by atomic mass is 10.0. The van der Waals surface area contributed by atoms with Crippen molar-refractivity contribution in [3.05, 3.63) is 98.7 Å². The highest BCUT2D eigenvalue weighted by Crippen LogP contribution is 2.40.